The quantitative estimate of drug-likeness (QED) is 0.771. The molecule has 6 nitrogen and oxygen atoms in total. The number of likely N-dealkylation sites (tertiary alicyclic amines) is 1. The lowest BCUT2D eigenvalue weighted by Gasteiger charge is -2.17. The number of aryl methyl sites for hydroxylation is 1. The fourth-order valence-electron chi connectivity index (χ4n) is 3.40. The average molecular weight is 366 g/mol. The van der Waals surface area contributed by atoms with E-state index in [-0.39, 0.29) is 30.1 Å². The highest BCUT2D eigenvalue weighted by Crippen LogP contribution is 2.17. The largest absolute Gasteiger partial charge is 0.346 e. The van der Waals surface area contributed by atoms with Crippen molar-refractivity contribution in [2.45, 2.75) is 25.9 Å². The molecule has 1 atom stereocenters. The second-order valence-corrected chi connectivity index (χ2v) is 6.83. The van der Waals surface area contributed by atoms with Crippen molar-refractivity contribution >= 4 is 17.5 Å². The zero-order valence-electron chi connectivity index (χ0n) is 14.9. The molecular weight excluding hydrogens is 347 g/mol. The van der Waals surface area contributed by atoms with Crippen molar-refractivity contribution in [1.29, 1.82) is 0 Å². The summed E-state index contributed by atoms with van der Waals surface area (Å²) in [4.78, 5) is 30.8. The lowest BCUT2D eigenvalue weighted by molar-refractivity contribution is -0.128. The number of pyridine rings is 1. The highest BCUT2D eigenvalue weighted by atomic mass is 19.1. The molecular formula is C20H19FN4O2. The summed E-state index contributed by atoms with van der Waals surface area (Å²) in [7, 11) is 0. The third kappa shape index (κ3) is 3.53. The van der Waals surface area contributed by atoms with E-state index in [1.54, 1.807) is 27.6 Å². The standard InChI is InChI=1S/C20H19FN4O2/c1-13-4-3-7-24-12-17(23-19(13)24)20(27)22-16-9-18(26)25(11-16)10-14-5-2-6-15(21)8-14/h2-8,12,16H,9-11H2,1H3,(H,22,27). The first-order valence-electron chi connectivity index (χ1n) is 8.77. The Kier molecular flexibility index (Phi) is 4.35. The van der Waals surface area contributed by atoms with Crippen LogP contribution in [-0.4, -0.2) is 38.7 Å². The van der Waals surface area contributed by atoms with E-state index in [0.29, 0.717) is 18.8 Å². The predicted molar refractivity (Wildman–Crippen MR) is 97.6 cm³/mol. The summed E-state index contributed by atoms with van der Waals surface area (Å²) in [5.41, 5.74) is 2.76. The molecule has 7 heteroatoms. The van der Waals surface area contributed by atoms with Crippen LogP contribution < -0.4 is 5.32 Å². The number of halogens is 1. The molecule has 1 N–H and O–H groups in total. The molecule has 1 aliphatic heterocycles. The number of rotatable bonds is 4. The minimum absolute atomic E-state index is 0.0598. The van der Waals surface area contributed by atoms with E-state index >= 15 is 0 Å². The van der Waals surface area contributed by atoms with Gasteiger partial charge in [-0.1, -0.05) is 18.2 Å². The van der Waals surface area contributed by atoms with Crippen molar-refractivity contribution in [2.75, 3.05) is 6.54 Å². The van der Waals surface area contributed by atoms with Crippen LogP contribution in [0.15, 0.2) is 48.8 Å². The number of carbonyl (C=O) groups excluding carboxylic acids is 2. The lowest BCUT2D eigenvalue weighted by Crippen LogP contribution is -2.37. The molecule has 3 heterocycles. The van der Waals surface area contributed by atoms with Crippen molar-refractivity contribution in [2.24, 2.45) is 0 Å². The summed E-state index contributed by atoms with van der Waals surface area (Å²) in [6, 6.07) is 9.73. The number of imidazole rings is 1. The maximum atomic E-state index is 13.3. The SMILES string of the molecule is Cc1cccn2cc(C(=O)NC3CC(=O)N(Cc4cccc(F)c4)C3)nc12. The highest BCUT2D eigenvalue weighted by Gasteiger charge is 2.31. The van der Waals surface area contributed by atoms with Crippen LogP contribution in [0, 0.1) is 12.7 Å². The van der Waals surface area contributed by atoms with E-state index in [4.69, 9.17) is 0 Å². The zero-order chi connectivity index (χ0) is 19.0. The van der Waals surface area contributed by atoms with Crippen LogP contribution in [0.2, 0.25) is 0 Å². The lowest BCUT2D eigenvalue weighted by atomic mass is 10.2. The minimum Gasteiger partial charge on any atom is -0.346 e. The summed E-state index contributed by atoms with van der Waals surface area (Å²) < 4.78 is 15.1. The van der Waals surface area contributed by atoms with Gasteiger partial charge in [0.05, 0.1) is 6.04 Å². The topological polar surface area (TPSA) is 66.7 Å². The summed E-state index contributed by atoms with van der Waals surface area (Å²) in [5, 5.41) is 2.88. The van der Waals surface area contributed by atoms with Gasteiger partial charge in [0.1, 0.15) is 17.2 Å². The average Bonchev–Trinajstić information content (AvgIpc) is 3.20. The number of amides is 2. The molecule has 1 fully saturated rings. The van der Waals surface area contributed by atoms with Crippen molar-refractivity contribution in [1.82, 2.24) is 19.6 Å². The molecule has 138 valence electrons. The van der Waals surface area contributed by atoms with Crippen molar-refractivity contribution < 1.29 is 14.0 Å². The van der Waals surface area contributed by atoms with Gasteiger partial charge in [0.2, 0.25) is 5.91 Å². The number of nitrogens with zero attached hydrogens (tertiary/aromatic N) is 3. The van der Waals surface area contributed by atoms with Gasteiger partial charge in [-0.3, -0.25) is 9.59 Å². The fourth-order valence-corrected chi connectivity index (χ4v) is 3.40. The maximum Gasteiger partial charge on any atom is 0.271 e. The van der Waals surface area contributed by atoms with Crippen LogP contribution in [0.3, 0.4) is 0 Å². The van der Waals surface area contributed by atoms with Gasteiger partial charge >= 0.3 is 0 Å². The summed E-state index contributed by atoms with van der Waals surface area (Å²) in [6.07, 6.45) is 3.75. The molecule has 0 aliphatic carbocycles. The van der Waals surface area contributed by atoms with Gasteiger partial charge in [-0.2, -0.15) is 0 Å². The van der Waals surface area contributed by atoms with Crippen molar-refractivity contribution in [3.8, 4) is 0 Å². The summed E-state index contributed by atoms with van der Waals surface area (Å²) >= 11 is 0. The molecule has 0 radical (unpaired) electrons. The maximum absolute atomic E-state index is 13.3. The van der Waals surface area contributed by atoms with Crippen LogP contribution in [-0.2, 0) is 11.3 Å². The first-order valence-corrected chi connectivity index (χ1v) is 8.77. The predicted octanol–water partition coefficient (Wildman–Crippen LogP) is 2.31. The van der Waals surface area contributed by atoms with Gasteiger partial charge in [0, 0.05) is 31.9 Å². The number of benzene rings is 1. The Balaban J connectivity index is 1.43. The van der Waals surface area contributed by atoms with Crippen LogP contribution in [0.25, 0.3) is 5.65 Å². The normalized spacial score (nSPS) is 16.9. The van der Waals surface area contributed by atoms with Crippen LogP contribution in [0.1, 0.15) is 28.0 Å². The Morgan fingerprint density at radius 1 is 1.33 bits per heavy atom. The second kappa shape index (κ2) is 6.83. The summed E-state index contributed by atoms with van der Waals surface area (Å²) in [6.45, 7) is 2.66. The molecule has 0 bridgehead atoms. The third-order valence-corrected chi connectivity index (χ3v) is 4.72. The smallest absolute Gasteiger partial charge is 0.271 e. The Labute approximate surface area is 155 Å². The summed E-state index contributed by atoms with van der Waals surface area (Å²) in [5.74, 6) is -0.690. The molecule has 27 heavy (non-hydrogen) atoms. The van der Waals surface area contributed by atoms with E-state index in [2.05, 4.69) is 10.3 Å². The molecule has 2 aromatic heterocycles. The van der Waals surface area contributed by atoms with Crippen molar-refractivity contribution in [3.63, 3.8) is 0 Å². The van der Waals surface area contributed by atoms with E-state index in [0.717, 1.165) is 16.8 Å². The fraction of sp³-hybridized carbons (Fsp3) is 0.250. The number of hydrogen-bond acceptors (Lipinski definition) is 3. The molecule has 1 aliphatic rings. The molecule has 1 aromatic carbocycles. The molecule has 4 rings (SSSR count). The minimum atomic E-state index is -0.328. The highest BCUT2D eigenvalue weighted by molar-refractivity contribution is 5.94. The number of carbonyl (C=O) groups is 2. The Morgan fingerprint density at radius 3 is 2.96 bits per heavy atom. The van der Waals surface area contributed by atoms with Gasteiger partial charge in [0.15, 0.2) is 0 Å². The molecule has 0 saturated carbocycles. The Bertz CT molecular complexity index is 1030. The molecule has 0 spiro atoms. The van der Waals surface area contributed by atoms with Crippen molar-refractivity contribution in [3.05, 3.63) is 71.4 Å². The molecule has 2 amide bonds. The second-order valence-electron chi connectivity index (χ2n) is 6.83. The third-order valence-electron chi connectivity index (χ3n) is 4.72. The Morgan fingerprint density at radius 2 is 2.19 bits per heavy atom. The van der Waals surface area contributed by atoms with Gasteiger partial charge in [0.25, 0.3) is 5.91 Å². The van der Waals surface area contributed by atoms with Crippen LogP contribution in [0.5, 0.6) is 0 Å². The van der Waals surface area contributed by atoms with E-state index in [1.165, 1.54) is 12.1 Å². The molecule has 1 saturated heterocycles. The van der Waals surface area contributed by atoms with Gasteiger partial charge in [-0.25, -0.2) is 9.37 Å². The van der Waals surface area contributed by atoms with E-state index < -0.39 is 0 Å². The van der Waals surface area contributed by atoms with Crippen LogP contribution in [0.4, 0.5) is 4.39 Å². The molecule has 3 aromatic rings. The Hall–Kier alpha value is -3.22. The van der Waals surface area contributed by atoms with Gasteiger partial charge < -0.3 is 14.6 Å². The first-order chi connectivity index (χ1) is 13.0. The van der Waals surface area contributed by atoms with Crippen LogP contribution >= 0.6 is 0 Å². The zero-order valence-corrected chi connectivity index (χ0v) is 14.9. The first kappa shape index (κ1) is 17.2. The number of hydrogen-bond donors (Lipinski definition) is 1. The van der Waals surface area contributed by atoms with E-state index in [9.17, 15) is 14.0 Å². The van der Waals surface area contributed by atoms with Gasteiger partial charge in [-0.05, 0) is 36.2 Å². The number of fused-ring (bicyclic) bond motifs is 1. The van der Waals surface area contributed by atoms with E-state index in [1.807, 2.05) is 25.3 Å². The number of aromatic nitrogens is 2. The molecule has 1 unspecified atom stereocenters. The number of nitrogens with one attached hydrogen (secondary N) is 1. The van der Waals surface area contributed by atoms with Gasteiger partial charge in [-0.15, -0.1) is 0 Å². The monoisotopic (exact) mass is 366 g/mol.